The summed E-state index contributed by atoms with van der Waals surface area (Å²) in [5.41, 5.74) is -2.18. The second-order valence-corrected chi connectivity index (χ2v) is 4.39. The van der Waals surface area contributed by atoms with Gasteiger partial charge in [0, 0.05) is 5.02 Å². The Morgan fingerprint density at radius 1 is 1.30 bits per heavy atom. The maximum atomic E-state index is 11.9. The molecule has 20 heavy (non-hydrogen) atoms. The van der Waals surface area contributed by atoms with Crippen LogP contribution in [-0.2, 0) is 19.1 Å². The normalized spacial score (nSPS) is 12.4. The summed E-state index contributed by atoms with van der Waals surface area (Å²) in [6.07, 6.45) is 1.25. The lowest BCUT2D eigenvalue weighted by Gasteiger charge is -2.29. The van der Waals surface area contributed by atoms with Crippen molar-refractivity contribution in [1.82, 2.24) is 0 Å². The number of carbonyl (C=O) groups is 2. The van der Waals surface area contributed by atoms with E-state index in [0.29, 0.717) is 5.56 Å². The van der Waals surface area contributed by atoms with Gasteiger partial charge in [-0.15, -0.1) is 6.58 Å². The van der Waals surface area contributed by atoms with Crippen LogP contribution in [0.2, 0.25) is 5.02 Å². The molecule has 0 spiro atoms. The van der Waals surface area contributed by atoms with Crippen molar-refractivity contribution < 1.29 is 24.2 Å². The Balaban J connectivity index is 3.44. The minimum Gasteiger partial charge on any atom is -0.466 e. The molecule has 0 aliphatic heterocycles. The lowest BCUT2D eigenvalue weighted by molar-refractivity contribution is -0.181. The van der Waals surface area contributed by atoms with Crippen LogP contribution in [0.4, 0.5) is 0 Å². The molecule has 1 N–H and O–H groups in total. The molecule has 1 atom stereocenters. The number of aliphatic hydroxyl groups is 1. The fourth-order valence-corrected chi connectivity index (χ4v) is 2.15. The van der Waals surface area contributed by atoms with Crippen LogP contribution in [0, 0.1) is 0 Å². The Bertz CT molecular complexity index is 510. The van der Waals surface area contributed by atoms with Gasteiger partial charge in [0.25, 0.3) is 5.60 Å². The summed E-state index contributed by atoms with van der Waals surface area (Å²) >= 11 is 6.04. The van der Waals surface area contributed by atoms with E-state index in [9.17, 15) is 14.7 Å². The van der Waals surface area contributed by atoms with E-state index in [-0.39, 0.29) is 5.02 Å². The van der Waals surface area contributed by atoms with E-state index < -0.39 is 23.5 Å². The van der Waals surface area contributed by atoms with Crippen LogP contribution in [0.1, 0.15) is 11.5 Å². The van der Waals surface area contributed by atoms with E-state index in [0.717, 1.165) is 14.2 Å². The van der Waals surface area contributed by atoms with Crippen LogP contribution >= 0.6 is 11.6 Å². The first-order chi connectivity index (χ1) is 9.43. The van der Waals surface area contributed by atoms with Gasteiger partial charge in [0.1, 0.15) is 0 Å². The highest BCUT2D eigenvalue weighted by atomic mass is 35.5. The predicted molar refractivity (Wildman–Crippen MR) is 73.4 cm³/mol. The van der Waals surface area contributed by atoms with Gasteiger partial charge in [0.05, 0.1) is 20.1 Å². The second kappa shape index (κ2) is 6.54. The van der Waals surface area contributed by atoms with Gasteiger partial charge in [0.15, 0.2) is 0 Å². The third kappa shape index (κ3) is 2.69. The first-order valence-electron chi connectivity index (χ1n) is 5.69. The molecule has 0 bridgehead atoms. The number of ether oxygens (including phenoxy) is 2. The van der Waals surface area contributed by atoms with E-state index in [1.54, 1.807) is 24.3 Å². The molecule has 0 aromatic heterocycles. The van der Waals surface area contributed by atoms with Crippen molar-refractivity contribution in [3.8, 4) is 0 Å². The van der Waals surface area contributed by atoms with Crippen molar-refractivity contribution in [1.29, 1.82) is 0 Å². The summed E-state index contributed by atoms with van der Waals surface area (Å²) in [6.45, 7) is 3.54. The minimum atomic E-state index is -2.55. The van der Waals surface area contributed by atoms with Crippen molar-refractivity contribution in [3.05, 3.63) is 47.5 Å². The summed E-state index contributed by atoms with van der Waals surface area (Å²) in [7, 11) is 2.12. The van der Waals surface area contributed by atoms with Crippen molar-refractivity contribution in [2.75, 3.05) is 14.2 Å². The molecule has 1 aromatic carbocycles. The van der Waals surface area contributed by atoms with Gasteiger partial charge in [-0.05, 0) is 11.6 Å². The average Bonchev–Trinajstić information content (AvgIpc) is 2.47. The topological polar surface area (TPSA) is 72.8 Å². The van der Waals surface area contributed by atoms with E-state index in [4.69, 9.17) is 11.6 Å². The summed E-state index contributed by atoms with van der Waals surface area (Å²) in [6, 6.07) is 6.49. The van der Waals surface area contributed by atoms with Crippen molar-refractivity contribution in [3.63, 3.8) is 0 Å². The molecular weight excluding hydrogens is 284 g/mol. The van der Waals surface area contributed by atoms with E-state index in [2.05, 4.69) is 16.1 Å². The highest BCUT2D eigenvalue weighted by Crippen LogP contribution is 2.35. The quantitative estimate of drug-likeness (QED) is 0.509. The van der Waals surface area contributed by atoms with Gasteiger partial charge in [-0.25, -0.2) is 9.59 Å². The van der Waals surface area contributed by atoms with Crippen LogP contribution in [0.25, 0.3) is 0 Å². The molecular formula is C14H15ClO5. The number of halogens is 1. The molecule has 0 fully saturated rings. The zero-order valence-corrected chi connectivity index (χ0v) is 11.9. The summed E-state index contributed by atoms with van der Waals surface area (Å²) in [4.78, 5) is 23.7. The fraction of sp³-hybridized carbons (Fsp3) is 0.286. The molecule has 1 rings (SSSR count). The zero-order valence-electron chi connectivity index (χ0n) is 11.1. The number of esters is 2. The SMILES string of the molecule is C=C[C@H](c1ccccc1Cl)C(O)(C(=O)OC)C(=O)OC. The van der Waals surface area contributed by atoms with Crippen LogP contribution < -0.4 is 0 Å². The Kier molecular flexibility index (Phi) is 5.30. The fourth-order valence-electron chi connectivity index (χ4n) is 1.90. The molecule has 0 amide bonds. The molecule has 0 aliphatic rings. The van der Waals surface area contributed by atoms with Gasteiger partial charge < -0.3 is 14.6 Å². The van der Waals surface area contributed by atoms with Gasteiger partial charge in [0.2, 0.25) is 0 Å². The lowest BCUT2D eigenvalue weighted by Crippen LogP contribution is -2.52. The summed E-state index contributed by atoms with van der Waals surface area (Å²) in [5, 5.41) is 10.8. The van der Waals surface area contributed by atoms with Crippen LogP contribution in [0.15, 0.2) is 36.9 Å². The molecule has 1 aromatic rings. The number of hydrogen-bond acceptors (Lipinski definition) is 5. The lowest BCUT2D eigenvalue weighted by atomic mass is 9.82. The van der Waals surface area contributed by atoms with Gasteiger partial charge >= 0.3 is 11.9 Å². The molecule has 0 heterocycles. The van der Waals surface area contributed by atoms with Gasteiger partial charge in [-0.3, -0.25) is 0 Å². The highest BCUT2D eigenvalue weighted by molar-refractivity contribution is 6.31. The van der Waals surface area contributed by atoms with Crippen molar-refractivity contribution >= 4 is 23.5 Å². The molecule has 108 valence electrons. The van der Waals surface area contributed by atoms with Crippen molar-refractivity contribution in [2.45, 2.75) is 11.5 Å². The third-order valence-electron chi connectivity index (χ3n) is 2.92. The van der Waals surface area contributed by atoms with Crippen LogP contribution in [0.3, 0.4) is 0 Å². The molecule has 0 saturated carbocycles. The largest absolute Gasteiger partial charge is 0.466 e. The third-order valence-corrected chi connectivity index (χ3v) is 3.26. The summed E-state index contributed by atoms with van der Waals surface area (Å²) in [5.74, 6) is -3.39. The van der Waals surface area contributed by atoms with Crippen LogP contribution in [0.5, 0.6) is 0 Å². The first-order valence-corrected chi connectivity index (χ1v) is 6.07. The standard InChI is InChI=1S/C14H15ClO5/c1-4-10(9-7-5-6-8-11(9)15)14(18,12(16)19-2)13(17)20-3/h4-8,10,18H,1H2,2-3H3/t10-/m1/s1. The Labute approximate surface area is 121 Å². The number of benzene rings is 1. The molecule has 0 aliphatic carbocycles. The Morgan fingerprint density at radius 2 is 1.80 bits per heavy atom. The van der Waals surface area contributed by atoms with E-state index >= 15 is 0 Å². The van der Waals surface area contributed by atoms with Crippen LogP contribution in [-0.4, -0.2) is 36.9 Å². The van der Waals surface area contributed by atoms with Gasteiger partial charge in [-0.1, -0.05) is 35.9 Å². The predicted octanol–water partition coefficient (Wildman–Crippen LogP) is 1.69. The zero-order chi connectivity index (χ0) is 15.3. The Morgan fingerprint density at radius 3 is 2.20 bits per heavy atom. The maximum absolute atomic E-state index is 11.9. The molecule has 6 heteroatoms. The molecule has 0 radical (unpaired) electrons. The maximum Gasteiger partial charge on any atom is 0.350 e. The minimum absolute atomic E-state index is 0.281. The Hall–Kier alpha value is -1.85. The number of methoxy groups -OCH3 is 2. The number of hydrogen-bond donors (Lipinski definition) is 1. The highest BCUT2D eigenvalue weighted by Gasteiger charge is 2.53. The van der Waals surface area contributed by atoms with Gasteiger partial charge in [-0.2, -0.15) is 0 Å². The monoisotopic (exact) mass is 298 g/mol. The first kappa shape index (κ1) is 16.2. The van der Waals surface area contributed by atoms with E-state index in [1.165, 1.54) is 6.08 Å². The van der Waals surface area contributed by atoms with Crippen molar-refractivity contribution in [2.24, 2.45) is 0 Å². The molecule has 0 saturated heterocycles. The average molecular weight is 299 g/mol. The van der Waals surface area contributed by atoms with E-state index in [1.807, 2.05) is 0 Å². The number of carbonyl (C=O) groups excluding carboxylic acids is 2. The summed E-state index contributed by atoms with van der Waals surface area (Å²) < 4.78 is 9.00. The second-order valence-electron chi connectivity index (χ2n) is 3.98. The number of rotatable bonds is 5. The smallest absolute Gasteiger partial charge is 0.350 e. The molecule has 5 nitrogen and oxygen atoms in total. The molecule has 0 unspecified atom stereocenters.